The summed E-state index contributed by atoms with van der Waals surface area (Å²) >= 11 is 0. The zero-order valence-corrected chi connectivity index (χ0v) is 9.67. The van der Waals surface area contributed by atoms with Crippen LogP contribution in [0.3, 0.4) is 0 Å². The Bertz CT molecular complexity index is 428. The van der Waals surface area contributed by atoms with Crippen LogP contribution in [0.4, 0.5) is 10.5 Å². The Morgan fingerprint density at radius 2 is 1.88 bits per heavy atom. The number of nitrogens with zero attached hydrogens (tertiary/aromatic N) is 2. The Labute approximate surface area is 100 Å². The van der Waals surface area contributed by atoms with Crippen molar-refractivity contribution >= 4 is 11.8 Å². The van der Waals surface area contributed by atoms with Gasteiger partial charge in [0, 0.05) is 25.3 Å². The van der Waals surface area contributed by atoms with Crippen molar-refractivity contribution in [3.63, 3.8) is 0 Å². The molecule has 1 heterocycles. The third-order valence-electron chi connectivity index (χ3n) is 3.82. The van der Waals surface area contributed by atoms with E-state index in [0.717, 1.165) is 19.4 Å². The third-order valence-corrected chi connectivity index (χ3v) is 3.82. The van der Waals surface area contributed by atoms with E-state index < -0.39 is 6.09 Å². The van der Waals surface area contributed by atoms with E-state index >= 15 is 0 Å². The number of para-hydroxylation sites is 1. The van der Waals surface area contributed by atoms with Crippen molar-refractivity contribution in [1.29, 1.82) is 0 Å². The van der Waals surface area contributed by atoms with Crippen molar-refractivity contribution in [2.45, 2.75) is 18.4 Å². The number of amides is 1. The number of piperazine rings is 1. The molecule has 0 unspecified atom stereocenters. The van der Waals surface area contributed by atoms with E-state index in [-0.39, 0.29) is 5.54 Å². The van der Waals surface area contributed by atoms with Gasteiger partial charge in [0.2, 0.25) is 0 Å². The zero-order chi connectivity index (χ0) is 11.9. The quantitative estimate of drug-likeness (QED) is 0.805. The lowest BCUT2D eigenvalue weighted by atomic mass is 10.1. The molecule has 0 atom stereocenters. The predicted molar refractivity (Wildman–Crippen MR) is 65.4 cm³/mol. The molecular weight excluding hydrogens is 216 g/mol. The molecule has 17 heavy (non-hydrogen) atoms. The summed E-state index contributed by atoms with van der Waals surface area (Å²) in [5.41, 5.74) is 1.30. The molecule has 0 aromatic heterocycles. The Morgan fingerprint density at radius 3 is 2.47 bits per heavy atom. The van der Waals surface area contributed by atoms with Crippen LogP contribution in [0, 0.1) is 0 Å². The molecule has 90 valence electrons. The summed E-state index contributed by atoms with van der Waals surface area (Å²) in [6, 6.07) is 10.3. The van der Waals surface area contributed by atoms with E-state index in [1.165, 1.54) is 5.69 Å². The zero-order valence-electron chi connectivity index (χ0n) is 9.67. The summed E-state index contributed by atoms with van der Waals surface area (Å²) in [7, 11) is 0. The van der Waals surface area contributed by atoms with Crippen molar-refractivity contribution in [2.75, 3.05) is 24.5 Å². The summed E-state index contributed by atoms with van der Waals surface area (Å²) in [5, 5.41) is 9.06. The maximum Gasteiger partial charge on any atom is 0.407 e. The van der Waals surface area contributed by atoms with Gasteiger partial charge < -0.3 is 14.9 Å². The molecule has 1 N–H and O–H groups in total. The fraction of sp³-hybridized carbons (Fsp3) is 0.462. The summed E-state index contributed by atoms with van der Waals surface area (Å²) in [6.45, 7) is 2.06. The molecule has 1 saturated carbocycles. The van der Waals surface area contributed by atoms with Crippen molar-refractivity contribution in [3.8, 4) is 0 Å². The maximum absolute atomic E-state index is 11.0. The first-order valence-corrected chi connectivity index (χ1v) is 6.02. The second-order valence-electron chi connectivity index (χ2n) is 4.92. The van der Waals surface area contributed by atoms with Crippen LogP contribution in [0.2, 0.25) is 0 Å². The topological polar surface area (TPSA) is 43.8 Å². The average molecular weight is 232 g/mol. The molecule has 1 aromatic rings. The number of hydrogen-bond donors (Lipinski definition) is 1. The van der Waals surface area contributed by atoms with E-state index in [9.17, 15) is 4.79 Å². The van der Waals surface area contributed by atoms with Gasteiger partial charge in [0.25, 0.3) is 0 Å². The normalized spacial score (nSPS) is 21.6. The third kappa shape index (κ3) is 1.73. The number of carbonyl (C=O) groups is 1. The predicted octanol–water partition coefficient (Wildman–Crippen LogP) is 2.02. The van der Waals surface area contributed by atoms with Crippen LogP contribution >= 0.6 is 0 Å². The molecule has 4 heteroatoms. The standard InChI is InChI=1S/C13H16N2O2/c16-12(17)14-8-9-15(13(10-14)6-7-13)11-4-2-1-3-5-11/h1-5H,6-10H2,(H,16,17). The Kier molecular flexibility index (Phi) is 2.24. The molecular formula is C13H16N2O2. The van der Waals surface area contributed by atoms with Gasteiger partial charge in [-0.3, -0.25) is 0 Å². The molecule has 1 saturated heterocycles. The molecule has 1 spiro atoms. The Hall–Kier alpha value is -1.71. The first kappa shape index (κ1) is 10.4. The van der Waals surface area contributed by atoms with Gasteiger partial charge in [-0.2, -0.15) is 0 Å². The van der Waals surface area contributed by atoms with Crippen LogP contribution in [0.5, 0.6) is 0 Å². The largest absolute Gasteiger partial charge is 0.465 e. The van der Waals surface area contributed by atoms with E-state index in [1.54, 1.807) is 4.90 Å². The number of rotatable bonds is 1. The Morgan fingerprint density at radius 1 is 1.18 bits per heavy atom. The minimum atomic E-state index is -0.788. The number of anilines is 1. The smallest absolute Gasteiger partial charge is 0.407 e. The van der Waals surface area contributed by atoms with Gasteiger partial charge in [-0.05, 0) is 25.0 Å². The minimum absolute atomic E-state index is 0.0813. The summed E-state index contributed by atoms with van der Waals surface area (Å²) in [6.07, 6.45) is 1.42. The fourth-order valence-corrected chi connectivity index (χ4v) is 2.72. The van der Waals surface area contributed by atoms with Gasteiger partial charge in [-0.15, -0.1) is 0 Å². The second kappa shape index (κ2) is 3.65. The highest BCUT2D eigenvalue weighted by Crippen LogP contribution is 2.46. The lowest BCUT2D eigenvalue weighted by Crippen LogP contribution is -2.56. The van der Waals surface area contributed by atoms with E-state index in [4.69, 9.17) is 5.11 Å². The van der Waals surface area contributed by atoms with Crippen molar-refractivity contribution in [3.05, 3.63) is 30.3 Å². The van der Waals surface area contributed by atoms with Crippen LogP contribution < -0.4 is 4.90 Å². The highest BCUT2D eigenvalue weighted by atomic mass is 16.4. The van der Waals surface area contributed by atoms with Crippen LogP contribution in [0.15, 0.2) is 30.3 Å². The number of carboxylic acid groups (broad SMARTS) is 1. The van der Waals surface area contributed by atoms with Gasteiger partial charge in [0.05, 0.1) is 5.54 Å². The lowest BCUT2D eigenvalue weighted by molar-refractivity contribution is 0.132. The van der Waals surface area contributed by atoms with E-state index in [1.807, 2.05) is 18.2 Å². The molecule has 1 aliphatic carbocycles. The summed E-state index contributed by atoms with van der Waals surface area (Å²) in [5.74, 6) is 0. The molecule has 1 amide bonds. The molecule has 1 aromatic carbocycles. The minimum Gasteiger partial charge on any atom is -0.465 e. The molecule has 2 fully saturated rings. The van der Waals surface area contributed by atoms with Gasteiger partial charge in [-0.1, -0.05) is 18.2 Å². The molecule has 0 radical (unpaired) electrons. The van der Waals surface area contributed by atoms with E-state index in [0.29, 0.717) is 13.1 Å². The van der Waals surface area contributed by atoms with Gasteiger partial charge in [0.15, 0.2) is 0 Å². The highest BCUT2D eigenvalue weighted by molar-refractivity contribution is 5.66. The molecule has 2 aliphatic rings. The average Bonchev–Trinajstić information content (AvgIpc) is 3.10. The van der Waals surface area contributed by atoms with Gasteiger partial charge >= 0.3 is 6.09 Å². The second-order valence-corrected chi connectivity index (χ2v) is 4.92. The first-order chi connectivity index (χ1) is 8.21. The summed E-state index contributed by atoms with van der Waals surface area (Å²) in [4.78, 5) is 14.9. The van der Waals surface area contributed by atoms with Crippen LogP contribution in [0.1, 0.15) is 12.8 Å². The van der Waals surface area contributed by atoms with E-state index in [2.05, 4.69) is 17.0 Å². The van der Waals surface area contributed by atoms with Crippen molar-refractivity contribution < 1.29 is 9.90 Å². The van der Waals surface area contributed by atoms with Crippen molar-refractivity contribution in [2.24, 2.45) is 0 Å². The first-order valence-electron chi connectivity index (χ1n) is 6.02. The lowest BCUT2D eigenvalue weighted by Gasteiger charge is -2.42. The molecule has 1 aliphatic heterocycles. The highest BCUT2D eigenvalue weighted by Gasteiger charge is 2.52. The van der Waals surface area contributed by atoms with Gasteiger partial charge in [-0.25, -0.2) is 4.79 Å². The molecule has 3 rings (SSSR count). The fourth-order valence-electron chi connectivity index (χ4n) is 2.72. The van der Waals surface area contributed by atoms with Crippen molar-refractivity contribution in [1.82, 2.24) is 4.90 Å². The monoisotopic (exact) mass is 232 g/mol. The number of hydrogen-bond acceptors (Lipinski definition) is 2. The summed E-state index contributed by atoms with van der Waals surface area (Å²) < 4.78 is 0. The molecule has 4 nitrogen and oxygen atoms in total. The van der Waals surface area contributed by atoms with Crippen LogP contribution in [-0.2, 0) is 0 Å². The van der Waals surface area contributed by atoms with Crippen LogP contribution in [0.25, 0.3) is 0 Å². The Balaban J connectivity index is 1.83. The maximum atomic E-state index is 11.0. The van der Waals surface area contributed by atoms with Crippen LogP contribution in [-0.4, -0.2) is 41.3 Å². The number of benzene rings is 1. The van der Waals surface area contributed by atoms with Gasteiger partial charge in [0.1, 0.15) is 0 Å². The molecule has 0 bridgehead atoms. The SMILES string of the molecule is O=C(O)N1CCN(c2ccccc2)C2(CC2)C1.